The molecule has 140 valence electrons. The first-order valence-corrected chi connectivity index (χ1v) is 10.8. The summed E-state index contributed by atoms with van der Waals surface area (Å²) in [7, 11) is -1.10. The topological polar surface area (TPSA) is 59.3 Å². The lowest BCUT2D eigenvalue weighted by molar-refractivity contribution is 0.0921. The number of furan rings is 1. The Morgan fingerprint density at radius 1 is 1.04 bits per heavy atom. The summed E-state index contributed by atoms with van der Waals surface area (Å²) in [6, 6.07) is 19.0. The van der Waals surface area contributed by atoms with Gasteiger partial charge in [-0.25, -0.2) is 0 Å². The van der Waals surface area contributed by atoms with Gasteiger partial charge in [-0.15, -0.1) is 0 Å². The van der Waals surface area contributed by atoms with E-state index in [4.69, 9.17) is 4.42 Å². The number of hydrogen-bond acceptors (Lipinski definition) is 3. The monoisotopic (exact) mass is 445 g/mol. The van der Waals surface area contributed by atoms with E-state index in [9.17, 15) is 9.00 Å². The highest BCUT2D eigenvalue weighted by molar-refractivity contribution is 9.10. The molecular formula is C21H20BrNO3S. The van der Waals surface area contributed by atoms with Gasteiger partial charge in [0.1, 0.15) is 5.76 Å². The lowest BCUT2D eigenvalue weighted by atomic mass is 10.2. The SMILES string of the molecule is Cc1ccc(C[S@](=O)Cc2ccc(C(=O)NCc3ccccc3Br)o2)cc1. The van der Waals surface area contributed by atoms with Crippen LogP contribution in [-0.2, 0) is 28.9 Å². The molecule has 0 spiro atoms. The molecule has 6 heteroatoms. The number of carbonyl (C=O) groups is 1. The minimum absolute atomic E-state index is 0.226. The van der Waals surface area contributed by atoms with Crippen molar-refractivity contribution in [1.29, 1.82) is 0 Å². The second-order valence-corrected chi connectivity index (χ2v) is 8.57. The second-order valence-electron chi connectivity index (χ2n) is 6.25. The van der Waals surface area contributed by atoms with Crippen LogP contribution in [0.4, 0.5) is 0 Å². The number of hydrogen-bond donors (Lipinski definition) is 1. The first-order valence-electron chi connectivity index (χ1n) is 8.52. The Morgan fingerprint density at radius 3 is 2.52 bits per heavy atom. The van der Waals surface area contributed by atoms with E-state index < -0.39 is 10.8 Å². The number of halogens is 1. The van der Waals surface area contributed by atoms with Gasteiger partial charge >= 0.3 is 0 Å². The Bertz CT molecular complexity index is 950. The van der Waals surface area contributed by atoms with Crippen molar-refractivity contribution in [2.45, 2.75) is 25.0 Å². The number of rotatable bonds is 7. The molecule has 0 aliphatic rings. The van der Waals surface area contributed by atoms with Crippen LogP contribution in [0.25, 0.3) is 0 Å². The lowest BCUT2D eigenvalue weighted by Crippen LogP contribution is -2.22. The van der Waals surface area contributed by atoms with E-state index in [1.165, 1.54) is 5.56 Å². The molecule has 27 heavy (non-hydrogen) atoms. The van der Waals surface area contributed by atoms with E-state index in [0.717, 1.165) is 15.6 Å². The van der Waals surface area contributed by atoms with Crippen LogP contribution in [0, 0.1) is 6.92 Å². The number of amides is 1. The van der Waals surface area contributed by atoms with Crippen LogP contribution in [0.5, 0.6) is 0 Å². The highest BCUT2D eigenvalue weighted by atomic mass is 79.9. The summed E-state index contributed by atoms with van der Waals surface area (Å²) in [5.74, 6) is 1.23. The van der Waals surface area contributed by atoms with Gasteiger partial charge in [0.15, 0.2) is 5.76 Å². The fourth-order valence-corrected chi connectivity index (χ4v) is 4.13. The molecule has 0 saturated carbocycles. The molecule has 0 unspecified atom stereocenters. The van der Waals surface area contributed by atoms with Crippen LogP contribution >= 0.6 is 15.9 Å². The van der Waals surface area contributed by atoms with Crippen LogP contribution in [0.2, 0.25) is 0 Å². The average Bonchev–Trinajstić information content (AvgIpc) is 3.11. The zero-order valence-electron chi connectivity index (χ0n) is 14.9. The Kier molecular flexibility index (Phi) is 6.63. The molecule has 1 N–H and O–H groups in total. The predicted octanol–water partition coefficient (Wildman–Crippen LogP) is 4.73. The third kappa shape index (κ3) is 5.65. The van der Waals surface area contributed by atoms with Crippen LogP contribution in [0.3, 0.4) is 0 Å². The lowest BCUT2D eigenvalue weighted by Gasteiger charge is -2.05. The summed E-state index contributed by atoms with van der Waals surface area (Å²) in [5, 5.41) is 2.83. The van der Waals surface area contributed by atoms with Crippen LogP contribution in [0.1, 0.15) is 33.0 Å². The van der Waals surface area contributed by atoms with Gasteiger partial charge in [-0.1, -0.05) is 64.0 Å². The van der Waals surface area contributed by atoms with Gasteiger partial charge in [-0.05, 0) is 36.2 Å². The summed E-state index contributed by atoms with van der Waals surface area (Å²) in [5.41, 5.74) is 3.18. The van der Waals surface area contributed by atoms with Crippen molar-refractivity contribution in [1.82, 2.24) is 5.32 Å². The molecule has 2 aromatic carbocycles. The maximum atomic E-state index is 12.3. The van der Waals surface area contributed by atoms with E-state index in [1.54, 1.807) is 12.1 Å². The normalized spacial score (nSPS) is 11.9. The first kappa shape index (κ1) is 19.6. The molecule has 0 radical (unpaired) electrons. The molecule has 4 nitrogen and oxygen atoms in total. The van der Waals surface area contributed by atoms with Crippen molar-refractivity contribution in [2.24, 2.45) is 0 Å². The largest absolute Gasteiger partial charge is 0.455 e. The highest BCUT2D eigenvalue weighted by Crippen LogP contribution is 2.16. The van der Waals surface area contributed by atoms with Crippen molar-refractivity contribution in [2.75, 3.05) is 0 Å². The molecule has 1 amide bonds. The maximum Gasteiger partial charge on any atom is 0.287 e. The Morgan fingerprint density at radius 2 is 1.78 bits per heavy atom. The van der Waals surface area contributed by atoms with Crippen molar-refractivity contribution in [3.63, 3.8) is 0 Å². The van der Waals surface area contributed by atoms with Crippen molar-refractivity contribution < 1.29 is 13.4 Å². The molecule has 0 aliphatic carbocycles. The van der Waals surface area contributed by atoms with Gasteiger partial charge in [0.25, 0.3) is 5.91 Å². The molecule has 1 heterocycles. The summed E-state index contributed by atoms with van der Waals surface area (Å²) in [4.78, 5) is 12.3. The van der Waals surface area contributed by atoms with Gasteiger partial charge in [0.2, 0.25) is 0 Å². The Hall–Kier alpha value is -2.18. The smallest absolute Gasteiger partial charge is 0.287 e. The van der Waals surface area contributed by atoms with E-state index in [0.29, 0.717) is 18.1 Å². The quantitative estimate of drug-likeness (QED) is 0.571. The van der Waals surface area contributed by atoms with Crippen molar-refractivity contribution >= 4 is 32.6 Å². The van der Waals surface area contributed by atoms with E-state index in [1.807, 2.05) is 55.5 Å². The average molecular weight is 446 g/mol. The van der Waals surface area contributed by atoms with E-state index in [2.05, 4.69) is 21.2 Å². The third-order valence-corrected chi connectivity index (χ3v) is 6.07. The minimum atomic E-state index is -1.10. The van der Waals surface area contributed by atoms with Crippen molar-refractivity contribution in [3.05, 3.63) is 93.3 Å². The molecule has 0 aliphatic heterocycles. The summed E-state index contributed by atoms with van der Waals surface area (Å²) in [6.45, 7) is 2.42. The van der Waals surface area contributed by atoms with E-state index >= 15 is 0 Å². The number of benzene rings is 2. The fourth-order valence-electron chi connectivity index (χ4n) is 2.56. The molecule has 1 aromatic heterocycles. The van der Waals surface area contributed by atoms with Gasteiger partial charge in [0.05, 0.1) is 5.75 Å². The molecule has 3 rings (SSSR count). The Balaban J connectivity index is 1.54. The first-order chi connectivity index (χ1) is 13.0. The van der Waals surface area contributed by atoms with Gasteiger partial charge in [-0.3, -0.25) is 9.00 Å². The summed E-state index contributed by atoms with van der Waals surface area (Å²) < 4.78 is 18.9. The second kappa shape index (κ2) is 9.15. The van der Waals surface area contributed by atoms with Crippen LogP contribution < -0.4 is 5.32 Å². The molecule has 0 fully saturated rings. The maximum absolute atomic E-state index is 12.3. The zero-order valence-corrected chi connectivity index (χ0v) is 17.3. The number of nitrogens with one attached hydrogen (secondary N) is 1. The Labute approximate surface area is 169 Å². The minimum Gasteiger partial charge on any atom is -0.455 e. The van der Waals surface area contributed by atoms with E-state index in [-0.39, 0.29) is 17.4 Å². The van der Waals surface area contributed by atoms with Crippen LogP contribution in [-0.4, -0.2) is 10.1 Å². The van der Waals surface area contributed by atoms with Crippen LogP contribution in [0.15, 0.2) is 69.6 Å². The summed E-state index contributed by atoms with van der Waals surface area (Å²) in [6.07, 6.45) is 0. The van der Waals surface area contributed by atoms with Gasteiger partial charge < -0.3 is 9.73 Å². The molecule has 0 saturated heterocycles. The number of carbonyl (C=O) groups excluding carboxylic acids is 1. The summed E-state index contributed by atoms with van der Waals surface area (Å²) >= 11 is 3.46. The number of aryl methyl sites for hydroxylation is 1. The standard InChI is InChI=1S/C21H20BrNO3S/c1-15-6-8-16(9-7-15)13-27(25)14-18-10-11-20(26-18)21(24)23-12-17-4-2-3-5-19(17)22/h2-11H,12-14H2,1H3,(H,23,24)/t27-/m0/s1. The predicted molar refractivity (Wildman–Crippen MR) is 111 cm³/mol. The molecule has 0 bridgehead atoms. The van der Waals surface area contributed by atoms with Gasteiger partial charge in [0, 0.05) is 27.6 Å². The molecule has 3 aromatic rings. The highest BCUT2D eigenvalue weighted by Gasteiger charge is 2.13. The fraction of sp³-hybridized carbons (Fsp3) is 0.190. The molecular weight excluding hydrogens is 426 g/mol. The third-order valence-electron chi connectivity index (χ3n) is 4.03. The van der Waals surface area contributed by atoms with Gasteiger partial charge in [-0.2, -0.15) is 0 Å². The zero-order chi connectivity index (χ0) is 19.2. The van der Waals surface area contributed by atoms with Crippen molar-refractivity contribution in [3.8, 4) is 0 Å². The molecule has 1 atom stereocenters.